The molecule has 2 rings (SSSR count). The maximum Gasteiger partial charge on any atom is 0.271 e. The standard InChI is InChI=1S/C17H15ClN2O2/c1-2-11-22-15-9-7-13(8-10-15)17(21)20-19-12-14-5-3-4-6-16(14)18/h2-10,12H,1,11H2,(H,20,21). The van der Waals surface area contributed by atoms with Gasteiger partial charge in [0.05, 0.1) is 6.21 Å². The van der Waals surface area contributed by atoms with Crippen LogP contribution < -0.4 is 10.2 Å². The molecule has 1 N–H and O–H groups in total. The summed E-state index contributed by atoms with van der Waals surface area (Å²) in [5.41, 5.74) is 3.67. The Hall–Kier alpha value is -2.59. The van der Waals surface area contributed by atoms with Crippen LogP contribution in [0.15, 0.2) is 66.3 Å². The van der Waals surface area contributed by atoms with E-state index in [1.54, 1.807) is 36.4 Å². The van der Waals surface area contributed by atoms with E-state index in [1.165, 1.54) is 6.21 Å². The number of benzene rings is 2. The van der Waals surface area contributed by atoms with E-state index in [1.807, 2.05) is 18.2 Å². The maximum absolute atomic E-state index is 11.9. The number of rotatable bonds is 6. The molecule has 0 aliphatic rings. The van der Waals surface area contributed by atoms with Crippen LogP contribution in [0.5, 0.6) is 5.75 Å². The number of nitrogens with zero attached hydrogens (tertiary/aromatic N) is 1. The molecule has 0 unspecified atom stereocenters. The van der Waals surface area contributed by atoms with Crippen molar-refractivity contribution in [3.63, 3.8) is 0 Å². The van der Waals surface area contributed by atoms with Gasteiger partial charge in [-0.15, -0.1) is 0 Å². The van der Waals surface area contributed by atoms with Crippen LogP contribution in [0, 0.1) is 0 Å². The summed E-state index contributed by atoms with van der Waals surface area (Å²) in [6, 6.07) is 14.0. The molecule has 0 saturated heterocycles. The third kappa shape index (κ3) is 4.46. The number of nitrogens with one attached hydrogen (secondary N) is 1. The van der Waals surface area contributed by atoms with E-state index in [2.05, 4.69) is 17.1 Å². The number of carbonyl (C=O) groups is 1. The number of hydrazone groups is 1. The molecular formula is C17H15ClN2O2. The second-order valence-corrected chi connectivity index (χ2v) is 4.75. The minimum absolute atomic E-state index is 0.307. The van der Waals surface area contributed by atoms with Gasteiger partial charge in [0.1, 0.15) is 12.4 Å². The van der Waals surface area contributed by atoms with Gasteiger partial charge in [-0.2, -0.15) is 5.10 Å². The Balaban J connectivity index is 1.94. The maximum atomic E-state index is 11.9. The average molecular weight is 315 g/mol. The Morgan fingerprint density at radius 3 is 2.64 bits per heavy atom. The lowest BCUT2D eigenvalue weighted by molar-refractivity contribution is 0.0955. The quantitative estimate of drug-likeness (QED) is 0.502. The molecule has 1 amide bonds. The molecule has 0 fully saturated rings. The van der Waals surface area contributed by atoms with Crippen LogP contribution in [0.4, 0.5) is 0 Å². The van der Waals surface area contributed by atoms with Gasteiger partial charge in [-0.3, -0.25) is 4.79 Å². The fourth-order valence-corrected chi connectivity index (χ4v) is 1.85. The number of halogens is 1. The summed E-state index contributed by atoms with van der Waals surface area (Å²) >= 11 is 5.99. The van der Waals surface area contributed by atoms with Gasteiger partial charge in [0.2, 0.25) is 0 Å². The van der Waals surface area contributed by atoms with E-state index in [0.29, 0.717) is 22.9 Å². The number of carbonyl (C=O) groups excluding carboxylic acids is 1. The smallest absolute Gasteiger partial charge is 0.271 e. The molecule has 0 atom stereocenters. The van der Waals surface area contributed by atoms with Crippen LogP contribution in [0.2, 0.25) is 5.02 Å². The van der Waals surface area contributed by atoms with E-state index >= 15 is 0 Å². The third-order valence-corrected chi connectivity index (χ3v) is 3.10. The predicted octanol–water partition coefficient (Wildman–Crippen LogP) is 3.67. The molecule has 0 heterocycles. The zero-order chi connectivity index (χ0) is 15.8. The summed E-state index contributed by atoms with van der Waals surface area (Å²) in [6.07, 6.45) is 3.16. The Morgan fingerprint density at radius 2 is 1.95 bits per heavy atom. The molecule has 0 bridgehead atoms. The van der Waals surface area contributed by atoms with E-state index in [4.69, 9.17) is 16.3 Å². The highest BCUT2D eigenvalue weighted by atomic mass is 35.5. The van der Waals surface area contributed by atoms with Crippen molar-refractivity contribution in [3.05, 3.63) is 77.3 Å². The first-order valence-electron chi connectivity index (χ1n) is 6.62. The second-order valence-electron chi connectivity index (χ2n) is 4.34. The molecule has 22 heavy (non-hydrogen) atoms. The van der Waals surface area contributed by atoms with E-state index in [-0.39, 0.29) is 5.91 Å². The molecule has 2 aromatic rings. The third-order valence-electron chi connectivity index (χ3n) is 2.76. The monoisotopic (exact) mass is 314 g/mol. The number of hydrogen-bond donors (Lipinski definition) is 1. The highest BCUT2D eigenvalue weighted by Crippen LogP contribution is 2.13. The summed E-state index contributed by atoms with van der Waals surface area (Å²) in [5, 5.41) is 4.47. The van der Waals surface area contributed by atoms with Gasteiger partial charge in [-0.1, -0.05) is 42.5 Å². The van der Waals surface area contributed by atoms with Crippen molar-refractivity contribution in [2.45, 2.75) is 0 Å². The zero-order valence-corrected chi connectivity index (χ0v) is 12.6. The molecule has 4 nitrogen and oxygen atoms in total. The van der Waals surface area contributed by atoms with Gasteiger partial charge in [-0.25, -0.2) is 5.43 Å². The van der Waals surface area contributed by atoms with Crippen LogP contribution in [0.25, 0.3) is 0 Å². The lowest BCUT2D eigenvalue weighted by atomic mass is 10.2. The van der Waals surface area contributed by atoms with E-state index in [9.17, 15) is 4.79 Å². The minimum atomic E-state index is -0.307. The first-order chi connectivity index (χ1) is 10.7. The molecule has 0 saturated carbocycles. The van der Waals surface area contributed by atoms with Crippen molar-refractivity contribution in [1.82, 2.24) is 5.43 Å². The fraction of sp³-hybridized carbons (Fsp3) is 0.0588. The highest BCUT2D eigenvalue weighted by molar-refractivity contribution is 6.33. The zero-order valence-electron chi connectivity index (χ0n) is 11.8. The van der Waals surface area contributed by atoms with Crippen LogP contribution >= 0.6 is 11.6 Å². The molecule has 0 aromatic heterocycles. The normalized spacial score (nSPS) is 10.4. The van der Waals surface area contributed by atoms with Crippen molar-refractivity contribution in [2.75, 3.05) is 6.61 Å². The Labute approximate surface area is 134 Å². The van der Waals surface area contributed by atoms with Gasteiger partial charge < -0.3 is 4.74 Å². The highest BCUT2D eigenvalue weighted by Gasteiger charge is 2.04. The summed E-state index contributed by atoms with van der Waals surface area (Å²) in [7, 11) is 0. The van der Waals surface area contributed by atoms with Crippen molar-refractivity contribution < 1.29 is 9.53 Å². The molecule has 0 radical (unpaired) electrons. The first-order valence-corrected chi connectivity index (χ1v) is 7.00. The topological polar surface area (TPSA) is 50.7 Å². The SMILES string of the molecule is C=CCOc1ccc(C(=O)NN=Cc2ccccc2Cl)cc1. The van der Waals surface area contributed by atoms with Crippen LogP contribution in [0.3, 0.4) is 0 Å². The minimum Gasteiger partial charge on any atom is -0.490 e. The summed E-state index contributed by atoms with van der Waals surface area (Å²) < 4.78 is 5.35. The van der Waals surface area contributed by atoms with E-state index in [0.717, 1.165) is 5.56 Å². The Bertz CT molecular complexity index is 681. The van der Waals surface area contributed by atoms with Crippen LogP contribution in [-0.2, 0) is 0 Å². The largest absolute Gasteiger partial charge is 0.490 e. The number of amides is 1. The molecule has 2 aromatic carbocycles. The van der Waals surface area contributed by atoms with Gasteiger partial charge in [0.25, 0.3) is 5.91 Å². The lowest BCUT2D eigenvalue weighted by Gasteiger charge is -2.04. The van der Waals surface area contributed by atoms with Crippen molar-refractivity contribution in [1.29, 1.82) is 0 Å². The van der Waals surface area contributed by atoms with Crippen LogP contribution in [0.1, 0.15) is 15.9 Å². The Morgan fingerprint density at radius 1 is 1.23 bits per heavy atom. The lowest BCUT2D eigenvalue weighted by Crippen LogP contribution is -2.17. The molecule has 0 aliphatic heterocycles. The Kier molecular flexibility index (Phi) is 5.74. The second kappa shape index (κ2) is 8.00. The molecule has 5 heteroatoms. The molecular weight excluding hydrogens is 300 g/mol. The van der Waals surface area contributed by atoms with Crippen molar-refractivity contribution in [3.8, 4) is 5.75 Å². The summed E-state index contributed by atoms with van der Waals surface area (Å²) in [5.74, 6) is 0.370. The van der Waals surface area contributed by atoms with Crippen LogP contribution in [-0.4, -0.2) is 18.7 Å². The number of ether oxygens (including phenoxy) is 1. The van der Waals surface area contributed by atoms with Gasteiger partial charge in [0.15, 0.2) is 0 Å². The first kappa shape index (κ1) is 15.8. The van der Waals surface area contributed by atoms with Crippen molar-refractivity contribution >= 4 is 23.7 Å². The summed E-state index contributed by atoms with van der Waals surface area (Å²) in [6.45, 7) is 4.00. The molecule has 0 spiro atoms. The summed E-state index contributed by atoms with van der Waals surface area (Å²) in [4.78, 5) is 11.9. The van der Waals surface area contributed by atoms with Gasteiger partial charge >= 0.3 is 0 Å². The molecule has 112 valence electrons. The predicted molar refractivity (Wildman–Crippen MR) is 88.6 cm³/mol. The van der Waals surface area contributed by atoms with Crippen molar-refractivity contribution in [2.24, 2.45) is 5.10 Å². The number of hydrogen-bond acceptors (Lipinski definition) is 3. The average Bonchev–Trinajstić information content (AvgIpc) is 2.55. The van der Waals surface area contributed by atoms with E-state index < -0.39 is 0 Å². The van der Waals surface area contributed by atoms with Gasteiger partial charge in [-0.05, 0) is 30.3 Å². The molecule has 0 aliphatic carbocycles. The van der Waals surface area contributed by atoms with Gasteiger partial charge in [0, 0.05) is 16.1 Å². The fourth-order valence-electron chi connectivity index (χ4n) is 1.66.